The van der Waals surface area contributed by atoms with Crippen LogP contribution in [0.3, 0.4) is 0 Å². The van der Waals surface area contributed by atoms with E-state index in [0.29, 0.717) is 24.2 Å². The van der Waals surface area contributed by atoms with E-state index in [1.54, 1.807) is 24.3 Å². The van der Waals surface area contributed by atoms with Crippen molar-refractivity contribution in [1.82, 2.24) is 0 Å². The summed E-state index contributed by atoms with van der Waals surface area (Å²) in [7, 11) is 1.53. The molecule has 2 aromatic carbocycles. The van der Waals surface area contributed by atoms with E-state index < -0.39 is 17.9 Å². The highest BCUT2D eigenvalue weighted by Gasteiger charge is 2.46. The number of carbonyl (C=O) groups excluding carboxylic acids is 2. The maximum absolute atomic E-state index is 13.4. The summed E-state index contributed by atoms with van der Waals surface area (Å²) in [6, 6.07) is 14.5. The van der Waals surface area contributed by atoms with Crippen LogP contribution in [-0.4, -0.2) is 29.6 Å². The van der Waals surface area contributed by atoms with Gasteiger partial charge in [-0.3, -0.25) is 19.7 Å². The zero-order valence-electron chi connectivity index (χ0n) is 16.5. The first-order valence-electron chi connectivity index (χ1n) is 9.89. The summed E-state index contributed by atoms with van der Waals surface area (Å²) in [6.45, 7) is 0. The summed E-state index contributed by atoms with van der Waals surface area (Å²) >= 11 is 0. The molecular weight excluding hydrogens is 370 g/mol. The van der Waals surface area contributed by atoms with Gasteiger partial charge < -0.3 is 4.74 Å². The molecule has 6 nitrogen and oxygen atoms in total. The standard InChI is InChI=1S/C23H25NO5/c1-29-18-13-11-17(12-14-18)23(26)22(19-9-5-6-10-21(19)25)20(24(27)28)15-16-7-3-2-4-8-16/h2-4,7-8,11-14,19-20,22H,5-6,9-10,15H2,1H3. The second-order valence-electron chi connectivity index (χ2n) is 7.48. The number of ketones is 2. The van der Waals surface area contributed by atoms with E-state index in [1.807, 2.05) is 30.3 Å². The van der Waals surface area contributed by atoms with Crippen molar-refractivity contribution in [2.24, 2.45) is 11.8 Å². The van der Waals surface area contributed by atoms with Crippen molar-refractivity contribution >= 4 is 11.6 Å². The lowest BCUT2D eigenvalue weighted by atomic mass is 9.71. The Morgan fingerprint density at radius 3 is 2.41 bits per heavy atom. The quantitative estimate of drug-likeness (QED) is 0.381. The lowest BCUT2D eigenvalue weighted by Crippen LogP contribution is -2.44. The zero-order valence-corrected chi connectivity index (χ0v) is 16.5. The molecule has 3 unspecified atom stereocenters. The van der Waals surface area contributed by atoms with Gasteiger partial charge in [0.05, 0.1) is 13.0 Å². The summed E-state index contributed by atoms with van der Waals surface area (Å²) in [4.78, 5) is 37.7. The number of ether oxygens (including phenoxy) is 1. The van der Waals surface area contributed by atoms with Gasteiger partial charge in [-0.25, -0.2) is 0 Å². The molecule has 0 radical (unpaired) electrons. The second-order valence-corrected chi connectivity index (χ2v) is 7.48. The normalized spacial score (nSPS) is 18.7. The van der Waals surface area contributed by atoms with Crippen LogP contribution in [0, 0.1) is 22.0 Å². The van der Waals surface area contributed by atoms with Crippen LogP contribution < -0.4 is 4.74 Å². The van der Waals surface area contributed by atoms with Gasteiger partial charge in [0.1, 0.15) is 11.5 Å². The van der Waals surface area contributed by atoms with Crippen LogP contribution in [0.2, 0.25) is 0 Å². The van der Waals surface area contributed by atoms with Crippen LogP contribution in [0.15, 0.2) is 54.6 Å². The third-order valence-corrected chi connectivity index (χ3v) is 5.69. The third-order valence-electron chi connectivity index (χ3n) is 5.69. The van der Waals surface area contributed by atoms with Crippen LogP contribution in [0.4, 0.5) is 0 Å². The number of Topliss-reactive ketones (excluding diaryl/α,β-unsaturated/α-hetero) is 2. The Morgan fingerprint density at radius 1 is 1.14 bits per heavy atom. The number of rotatable bonds is 8. The van der Waals surface area contributed by atoms with Gasteiger partial charge in [0, 0.05) is 29.2 Å². The Balaban J connectivity index is 1.98. The Morgan fingerprint density at radius 2 is 1.83 bits per heavy atom. The predicted molar refractivity (Wildman–Crippen MR) is 109 cm³/mol. The van der Waals surface area contributed by atoms with Gasteiger partial charge in [0.15, 0.2) is 5.78 Å². The maximum Gasteiger partial charge on any atom is 0.227 e. The van der Waals surface area contributed by atoms with E-state index in [4.69, 9.17) is 4.74 Å². The molecule has 0 saturated heterocycles. The van der Waals surface area contributed by atoms with E-state index in [0.717, 1.165) is 18.4 Å². The first kappa shape index (κ1) is 20.7. The summed E-state index contributed by atoms with van der Waals surface area (Å²) < 4.78 is 5.13. The molecule has 3 rings (SSSR count). The average Bonchev–Trinajstić information content (AvgIpc) is 2.75. The first-order valence-corrected chi connectivity index (χ1v) is 9.89. The Labute approximate surface area is 170 Å². The van der Waals surface area contributed by atoms with Crippen molar-refractivity contribution in [3.8, 4) is 5.75 Å². The van der Waals surface area contributed by atoms with E-state index >= 15 is 0 Å². The van der Waals surface area contributed by atoms with Gasteiger partial charge in [0.25, 0.3) is 0 Å². The van der Waals surface area contributed by atoms with Gasteiger partial charge in [-0.15, -0.1) is 0 Å². The molecule has 29 heavy (non-hydrogen) atoms. The molecule has 2 aromatic rings. The average molecular weight is 395 g/mol. The van der Waals surface area contributed by atoms with Crippen molar-refractivity contribution in [3.05, 3.63) is 75.8 Å². The monoisotopic (exact) mass is 395 g/mol. The van der Waals surface area contributed by atoms with Gasteiger partial charge >= 0.3 is 0 Å². The molecule has 3 atom stereocenters. The van der Waals surface area contributed by atoms with Crippen molar-refractivity contribution in [2.45, 2.75) is 38.1 Å². The van der Waals surface area contributed by atoms with Gasteiger partial charge in [-0.2, -0.15) is 0 Å². The van der Waals surface area contributed by atoms with Crippen molar-refractivity contribution in [3.63, 3.8) is 0 Å². The smallest absolute Gasteiger partial charge is 0.227 e. The van der Waals surface area contributed by atoms with Crippen molar-refractivity contribution < 1.29 is 19.2 Å². The van der Waals surface area contributed by atoms with Crippen LogP contribution in [0.1, 0.15) is 41.6 Å². The van der Waals surface area contributed by atoms with Crippen LogP contribution in [-0.2, 0) is 11.2 Å². The minimum absolute atomic E-state index is 0.0389. The van der Waals surface area contributed by atoms with Crippen LogP contribution >= 0.6 is 0 Å². The molecule has 152 valence electrons. The molecule has 0 N–H and O–H groups in total. The van der Waals surface area contributed by atoms with Crippen LogP contribution in [0.5, 0.6) is 5.75 Å². The zero-order chi connectivity index (χ0) is 20.8. The third kappa shape index (κ3) is 4.88. The minimum atomic E-state index is -1.15. The van der Waals surface area contributed by atoms with E-state index in [1.165, 1.54) is 7.11 Å². The fraction of sp³-hybridized carbons (Fsp3) is 0.391. The van der Waals surface area contributed by atoms with Gasteiger partial charge in [-0.05, 0) is 42.7 Å². The molecule has 0 amide bonds. The molecule has 0 aromatic heterocycles. The SMILES string of the molecule is COc1ccc(C(=O)C(C2CCCCC2=O)C(Cc2ccccc2)[N+](=O)[O-])cc1. The fourth-order valence-electron chi connectivity index (χ4n) is 4.15. The predicted octanol–water partition coefficient (Wildman–Crippen LogP) is 4.14. The molecular formula is C23H25NO5. The summed E-state index contributed by atoms with van der Waals surface area (Å²) in [6.07, 6.45) is 2.60. The van der Waals surface area contributed by atoms with Gasteiger partial charge in [0.2, 0.25) is 6.04 Å². The Bertz CT molecular complexity index is 863. The summed E-state index contributed by atoms with van der Waals surface area (Å²) in [5.41, 5.74) is 1.15. The minimum Gasteiger partial charge on any atom is -0.497 e. The fourth-order valence-corrected chi connectivity index (χ4v) is 4.15. The lowest BCUT2D eigenvalue weighted by Gasteiger charge is -2.30. The molecule has 1 saturated carbocycles. The largest absolute Gasteiger partial charge is 0.497 e. The highest BCUT2D eigenvalue weighted by Crippen LogP contribution is 2.34. The molecule has 0 heterocycles. The van der Waals surface area contributed by atoms with Gasteiger partial charge in [-0.1, -0.05) is 36.8 Å². The molecule has 1 aliphatic carbocycles. The van der Waals surface area contributed by atoms with E-state index in [-0.39, 0.29) is 22.9 Å². The van der Waals surface area contributed by atoms with Crippen molar-refractivity contribution in [1.29, 1.82) is 0 Å². The lowest BCUT2D eigenvalue weighted by molar-refractivity contribution is -0.529. The van der Waals surface area contributed by atoms with Crippen molar-refractivity contribution in [2.75, 3.05) is 7.11 Å². The highest BCUT2D eigenvalue weighted by molar-refractivity contribution is 6.01. The summed E-state index contributed by atoms with van der Waals surface area (Å²) in [5, 5.41) is 12.1. The highest BCUT2D eigenvalue weighted by atomic mass is 16.6. The number of nitrogens with zero attached hydrogens (tertiary/aromatic N) is 1. The number of carbonyl (C=O) groups is 2. The molecule has 6 heteroatoms. The number of hydrogen-bond acceptors (Lipinski definition) is 5. The summed E-state index contributed by atoms with van der Waals surface area (Å²) in [5.74, 6) is -1.38. The molecule has 0 aliphatic heterocycles. The Hall–Kier alpha value is -3.02. The topological polar surface area (TPSA) is 86.5 Å². The molecule has 0 bridgehead atoms. The van der Waals surface area contributed by atoms with E-state index in [2.05, 4.69) is 0 Å². The first-order chi connectivity index (χ1) is 14.0. The molecule has 1 fully saturated rings. The number of hydrogen-bond donors (Lipinski definition) is 0. The second kappa shape index (κ2) is 9.45. The Kier molecular flexibility index (Phi) is 6.75. The van der Waals surface area contributed by atoms with E-state index in [9.17, 15) is 19.7 Å². The molecule has 1 aliphatic rings. The maximum atomic E-state index is 13.4. The number of benzene rings is 2. The van der Waals surface area contributed by atoms with Crippen LogP contribution in [0.25, 0.3) is 0 Å². The number of nitro groups is 1. The molecule has 0 spiro atoms. The number of methoxy groups -OCH3 is 1.